The van der Waals surface area contributed by atoms with Crippen LogP contribution in [0.15, 0.2) is 60.3 Å². The van der Waals surface area contributed by atoms with E-state index in [2.05, 4.69) is 5.32 Å². The number of nitrogens with zero attached hydrogens (tertiary/aromatic N) is 1. The van der Waals surface area contributed by atoms with E-state index in [0.29, 0.717) is 5.56 Å². The van der Waals surface area contributed by atoms with Crippen molar-refractivity contribution >= 4 is 31.7 Å². The molecule has 0 fully saturated rings. The van der Waals surface area contributed by atoms with E-state index in [9.17, 15) is 22.3 Å². The van der Waals surface area contributed by atoms with Gasteiger partial charge in [-0.2, -0.15) is 8.42 Å². The monoisotopic (exact) mass is 482 g/mol. The molecule has 32 heavy (non-hydrogen) atoms. The Morgan fingerprint density at radius 3 is 2.22 bits per heavy atom. The van der Waals surface area contributed by atoms with E-state index >= 15 is 0 Å². The molecule has 1 aliphatic rings. The van der Waals surface area contributed by atoms with Crippen molar-refractivity contribution in [1.29, 1.82) is 0 Å². The molecule has 0 atom stereocenters. The summed E-state index contributed by atoms with van der Waals surface area (Å²) in [7, 11) is -7.24. The van der Waals surface area contributed by atoms with Crippen LogP contribution >= 0.6 is 10.8 Å². The maximum Gasteiger partial charge on any atom is 0.306 e. The predicted octanol–water partition coefficient (Wildman–Crippen LogP) is 3.28. The Morgan fingerprint density at radius 1 is 1.03 bits per heavy atom. The minimum atomic E-state index is -3.72. The molecule has 3 rings (SSSR count). The topological polar surface area (TPSA) is 125 Å². The van der Waals surface area contributed by atoms with Crippen LogP contribution in [0.2, 0.25) is 0 Å². The van der Waals surface area contributed by atoms with Crippen LogP contribution < -0.4 is 14.2 Å². The van der Waals surface area contributed by atoms with Crippen LogP contribution in [0.4, 0.5) is 0 Å². The van der Waals surface area contributed by atoms with Gasteiger partial charge in [0, 0.05) is 18.2 Å². The van der Waals surface area contributed by atoms with Crippen LogP contribution in [0.25, 0.3) is 4.91 Å². The van der Waals surface area contributed by atoms with Gasteiger partial charge in [-0.25, -0.2) is 4.31 Å². The Balaban J connectivity index is 1.79. The standard InChI is InChI=1S/C21H26N2O7S2/c1-15(2)23-21(24)19(20(32(23,27)28)16-9-5-4-6-10-16)22-13-14-29-17-11-7-8-12-18(17)30-31(3,25)26/h4-12,15,22,27-28H,13-14H2,1-3H3. The van der Waals surface area contributed by atoms with E-state index in [1.165, 1.54) is 6.07 Å². The van der Waals surface area contributed by atoms with Gasteiger partial charge in [-0.1, -0.05) is 53.2 Å². The lowest BCUT2D eigenvalue weighted by molar-refractivity contribution is -0.123. The molecule has 1 amide bonds. The van der Waals surface area contributed by atoms with Crippen LogP contribution in [0.3, 0.4) is 0 Å². The molecule has 2 aromatic rings. The van der Waals surface area contributed by atoms with E-state index in [1.807, 2.05) is 0 Å². The van der Waals surface area contributed by atoms with E-state index < -0.39 is 32.8 Å². The first kappa shape index (κ1) is 23.9. The van der Waals surface area contributed by atoms with Gasteiger partial charge in [0.05, 0.1) is 6.26 Å². The maximum atomic E-state index is 13.0. The van der Waals surface area contributed by atoms with Crippen LogP contribution in [0, 0.1) is 0 Å². The smallest absolute Gasteiger partial charge is 0.306 e. The number of rotatable bonds is 9. The number of amides is 1. The molecule has 0 saturated carbocycles. The summed E-state index contributed by atoms with van der Waals surface area (Å²) in [5, 5.41) is 2.96. The second kappa shape index (κ2) is 9.41. The van der Waals surface area contributed by atoms with Crippen LogP contribution in [-0.2, 0) is 14.9 Å². The third-order valence-electron chi connectivity index (χ3n) is 4.45. The van der Waals surface area contributed by atoms with E-state index in [0.717, 1.165) is 10.6 Å². The highest BCUT2D eigenvalue weighted by Crippen LogP contribution is 2.62. The van der Waals surface area contributed by atoms with Gasteiger partial charge in [-0.05, 0) is 26.0 Å². The van der Waals surface area contributed by atoms with E-state index in [4.69, 9.17) is 8.92 Å². The number of carbonyl (C=O) groups excluding carboxylic acids is 1. The Labute approximate surface area is 189 Å². The zero-order valence-corrected chi connectivity index (χ0v) is 19.5. The average Bonchev–Trinajstić information content (AvgIpc) is 2.90. The summed E-state index contributed by atoms with van der Waals surface area (Å²) < 4.78 is 56.3. The molecular weight excluding hydrogens is 456 g/mol. The number of para-hydroxylation sites is 2. The molecule has 0 spiro atoms. The molecule has 0 bridgehead atoms. The summed E-state index contributed by atoms with van der Waals surface area (Å²) in [6, 6.07) is 14.6. The number of nitrogens with one attached hydrogen (secondary N) is 1. The normalized spacial score (nSPS) is 16.9. The summed E-state index contributed by atoms with van der Waals surface area (Å²) >= 11 is 0. The third kappa shape index (κ3) is 5.18. The highest BCUT2D eigenvalue weighted by molar-refractivity contribution is 8.31. The minimum Gasteiger partial charge on any atom is -0.488 e. The molecule has 9 nitrogen and oxygen atoms in total. The van der Waals surface area contributed by atoms with Crippen LogP contribution in [0.5, 0.6) is 11.5 Å². The molecule has 0 aliphatic carbocycles. The number of ether oxygens (including phenoxy) is 1. The zero-order valence-electron chi connectivity index (χ0n) is 17.9. The highest BCUT2D eigenvalue weighted by Gasteiger charge is 2.45. The fraction of sp³-hybridized carbons (Fsp3) is 0.286. The molecule has 2 aromatic carbocycles. The maximum absolute atomic E-state index is 13.0. The summed E-state index contributed by atoms with van der Waals surface area (Å²) in [4.78, 5) is 13.1. The minimum absolute atomic E-state index is 0.0521. The lowest BCUT2D eigenvalue weighted by Crippen LogP contribution is -2.37. The Bertz CT molecular complexity index is 1120. The number of hydrogen-bond donors (Lipinski definition) is 3. The first-order valence-corrected chi connectivity index (χ1v) is 13.1. The Hall–Kier alpha value is -2.73. The first-order valence-electron chi connectivity index (χ1n) is 9.79. The zero-order chi connectivity index (χ0) is 23.5. The average molecular weight is 483 g/mol. The van der Waals surface area contributed by atoms with Crippen LogP contribution in [0.1, 0.15) is 19.4 Å². The molecule has 0 unspecified atom stereocenters. The third-order valence-corrected chi connectivity index (χ3v) is 7.05. The van der Waals surface area contributed by atoms with Crippen molar-refractivity contribution in [3.8, 4) is 11.5 Å². The van der Waals surface area contributed by atoms with Gasteiger partial charge in [-0.3, -0.25) is 13.9 Å². The van der Waals surface area contributed by atoms with Crippen molar-refractivity contribution in [1.82, 2.24) is 9.62 Å². The van der Waals surface area contributed by atoms with Crippen molar-refractivity contribution in [2.75, 3.05) is 19.4 Å². The molecule has 174 valence electrons. The molecule has 1 heterocycles. The van der Waals surface area contributed by atoms with Crippen molar-refractivity contribution in [2.24, 2.45) is 0 Å². The fourth-order valence-electron chi connectivity index (χ4n) is 3.27. The first-order chi connectivity index (χ1) is 15.0. The van der Waals surface area contributed by atoms with E-state index in [1.54, 1.807) is 62.4 Å². The predicted molar refractivity (Wildman–Crippen MR) is 124 cm³/mol. The highest BCUT2D eigenvalue weighted by atomic mass is 32.3. The van der Waals surface area contributed by atoms with Crippen molar-refractivity contribution in [3.05, 3.63) is 65.9 Å². The largest absolute Gasteiger partial charge is 0.488 e. The summed E-state index contributed by atoms with van der Waals surface area (Å²) in [5.41, 5.74) is 0.619. The summed E-state index contributed by atoms with van der Waals surface area (Å²) in [6.07, 6.45) is 0.938. The fourth-order valence-corrected chi connectivity index (χ4v) is 5.73. The lowest BCUT2D eigenvalue weighted by atomic mass is 10.2. The second-order valence-electron chi connectivity index (χ2n) is 7.32. The number of benzene rings is 2. The van der Waals surface area contributed by atoms with Gasteiger partial charge < -0.3 is 14.2 Å². The summed E-state index contributed by atoms with van der Waals surface area (Å²) in [5.74, 6) is -0.237. The molecule has 0 aromatic heterocycles. The van der Waals surface area contributed by atoms with Gasteiger partial charge in [0.15, 0.2) is 11.5 Å². The molecule has 0 radical (unpaired) electrons. The van der Waals surface area contributed by atoms with Gasteiger partial charge in [0.2, 0.25) is 0 Å². The quantitative estimate of drug-likeness (QED) is 0.367. The SMILES string of the molecule is CC(C)N1C(=O)C(NCCOc2ccccc2OS(C)(=O)=O)=C(c2ccccc2)S1(O)O. The molecule has 3 N–H and O–H groups in total. The van der Waals surface area contributed by atoms with Crippen molar-refractivity contribution < 1.29 is 31.2 Å². The van der Waals surface area contributed by atoms with Crippen molar-refractivity contribution in [2.45, 2.75) is 19.9 Å². The van der Waals surface area contributed by atoms with Gasteiger partial charge in [-0.15, -0.1) is 0 Å². The van der Waals surface area contributed by atoms with Gasteiger partial charge in [0.25, 0.3) is 5.91 Å². The molecule has 0 saturated heterocycles. The Kier molecular flexibility index (Phi) is 7.03. The van der Waals surface area contributed by atoms with Crippen molar-refractivity contribution in [3.63, 3.8) is 0 Å². The molecule has 11 heteroatoms. The van der Waals surface area contributed by atoms with E-state index in [-0.39, 0.29) is 35.3 Å². The summed E-state index contributed by atoms with van der Waals surface area (Å²) in [6.45, 7) is 3.62. The van der Waals surface area contributed by atoms with Crippen LogP contribution in [-0.4, -0.2) is 53.2 Å². The number of carbonyl (C=O) groups is 1. The number of hydrogen-bond acceptors (Lipinski definition) is 8. The van der Waals surface area contributed by atoms with Gasteiger partial charge >= 0.3 is 10.1 Å². The second-order valence-corrected chi connectivity index (χ2v) is 10.7. The van der Waals surface area contributed by atoms with Gasteiger partial charge in [0.1, 0.15) is 17.2 Å². The molecular formula is C21H26N2O7S2. The Morgan fingerprint density at radius 2 is 1.62 bits per heavy atom. The molecule has 1 aliphatic heterocycles. The lowest BCUT2D eigenvalue weighted by Gasteiger charge is -2.40.